The van der Waals surface area contributed by atoms with Gasteiger partial charge in [-0.25, -0.2) is 4.79 Å². The topological polar surface area (TPSA) is 106 Å². The molecule has 2 heterocycles. The Morgan fingerprint density at radius 1 is 0.946 bits per heavy atom. The zero-order valence-electron chi connectivity index (χ0n) is 20.4. The highest BCUT2D eigenvalue weighted by Gasteiger charge is 2.40. The SMILES string of the molecule is COc1ccc(C(NC[C@H]2O[C@@H](n3ccc(=O)[nH]c3=O)C[C@@H]2O)(c2ccccc2)c2ccccc2)cc1. The van der Waals surface area contributed by atoms with Gasteiger partial charge in [-0.2, -0.15) is 0 Å². The molecule has 0 saturated carbocycles. The number of rotatable bonds is 8. The molecule has 8 nitrogen and oxygen atoms in total. The lowest BCUT2D eigenvalue weighted by Crippen LogP contribution is -2.49. The third-order valence-electron chi connectivity index (χ3n) is 6.87. The van der Waals surface area contributed by atoms with E-state index in [0.29, 0.717) is 6.54 Å². The second-order valence-corrected chi connectivity index (χ2v) is 9.04. The highest BCUT2D eigenvalue weighted by Crippen LogP contribution is 2.38. The Balaban J connectivity index is 1.52. The molecule has 3 aromatic carbocycles. The third-order valence-corrected chi connectivity index (χ3v) is 6.87. The first kappa shape index (κ1) is 24.7. The minimum atomic E-state index is -0.809. The molecule has 0 bridgehead atoms. The molecule has 190 valence electrons. The van der Waals surface area contributed by atoms with Crippen LogP contribution in [-0.4, -0.2) is 40.5 Å². The molecule has 4 aromatic rings. The van der Waals surface area contributed by atoms with Gasteiger partial charge in [0.25, 0.3) is 5.56 Å². The fourth-order valence-electron chi connectivity index (χ4n) is 5.00. The zero-order valence-corrected chi connectivity index (χ0v) is 20.4. The normalized spacial score (nSPS) is 19.6. The van der Waals surface area contributed by atoms with Gasteiger partial charge in [-0.15, -0.1) is 0 Å². The van der Waals surface area contributed by atoms with Crippen LogP contribution in [0.1, 0.15) is 29.3 Å². The molecule has 1 aliphatic rings. The minimum absolute atomic E-state index is 0.227. The highest BCUT2D eigenvalue weighted by molar-refractivity contribution is 5.50. The van der Waals surface area contributed by atoms with Crippen molar-refractivity contribution in [3.8, 4) is 5.75 Å². The number of H-pyrrole nitrogens is 1. The van der Waals surface area contributed by atoms with Crippen LogP contribution in [0.25, 0.3) is 0 Å². The molecule has 0 radical (unpaired) electrons. The van der Waals surface area contributed by atoms with Crippen LogP contribution in [-0.2, 0) is 10.3 Å². The number of aliphatic hydroxyl groups excluding tert-OH is 1. The summed E-state index contributed by atoms with van der Waals surface area (Å²) in [5.74, 6) is 0.752. The zero-order chi connectivity index (χ0) is 25.8. The molecule has 0 amide bonds. The molecule has 1 fully saturated rings. The number of hydrogen-bond acceptors (Lipinski definition) is 6. The Morgan fingerprint density at radius 3 is 2.11 bits per heavy atom. The Kier molecular flexibility index (Phi) is 7.05. The summed E-state index contributed by atoms with van der Waals surface area (Å²) in [6.07, 6.45) is -0.464. The van der Waals surface area contributed by atoms with Crippen LogP contribution in [0.4, 0.5) is 0 Å². The molecule has 37 heavy (non-hydrogen) atoms. The van der Waals surface area contributed by atoms with E-state index < -0.39 is 35.2 Å². The van der Waals surface area contributed by atoms with Gasteiger partial charge in [-0.1, -0.05) is 72.8 Å². The molecule has 3 atom stereocenters. The number of ether oxygens (including phenoxy) is 2. The van der Waals surface area contributed by atoms with Gasteiger partial charge >= 0.3 is 5.69 Å². The first-order chi connectivity index (χ1) is 18.0. The Hall–Kier alpha value is -3.98. The van der Waals surface area contributed by atoms with E-state index in [1.165, 1.54) is 16.8 Å². The van der Waals surface area contributed by atoms with Crippen molar-refractivity contribution >= 4 is 0 Å². The molecule has 3 N–H and O–H groups in total. The summed E-state index contributed by atoms with van der Waals surface area (Å²) in [6, 6.07) is 29.4. The summed E-state index contributed by atoms with van der Waals surface area (Å²) in [5.41, 5.74) is 1.23. The average Bonchev–Trinajstić information content (AvgIpc) is 3.30. The second kappa shape index (κ2) is 10.6. The number of aromatic nitrogens is 2. The van der Waals surface area contributed by atoms with Crippen LogP contribution >= 0.6 is 0 Å². The lowest BCUT2D eigenvalue weighted by molar-refractivity contribution is -0.0212. The number of methoxy groups -OCH3 is 1. The number of benzene rings is 3. The summed E-state index contributed by atoms with van der Waals surface area (Å²) < 4.78 is 12.8. The van der Waals surface area contributed by atoms with E-state index in [0.717, 1.165) is 22.4 Å². The molecule has 1 saturated heterocycles. The molecule has 0 aliphatic carbocycles. The maximum absolute atomic E-state index is 12.3. The molecule has 1 aromatic heterocycles. The average molecular weight is 500 g/mol. The molecular formula is C29H29N3O5. The van der Waals surface area contributed by atoms with Gasteiger partial charge in [0.2, 0.25) is 0 Å². The van der Waals surface area contributed by atoms with Crippen LogP contribution in [0.3, 0.4) is 0 Å². The smallest absolute Gasteiger partial charge is 0.330 e. The summed E-state index contributed by atoms with van der Waals surface area (Å²) in [5, 5.41) is 14.6. The van der Waals surface area contributed by atoms with Crippen LogP contribution < -0.4 is 21.3 Å². The molecule has 0 spiro atoms. The summed E-state index contributed by atoms with van der Waals surface area (Å²) in [7, 11) is 1.64. The Morgan fingerprint density at radius 2 is 1.54 bits per heavy atom. The van der Waals surface area contributed by atoms with Crippen LogP contribution in [0.5, 0.6) is 5.75 Å². The molecule has 0 unspecified atom stereocenters. The van der Waals surface area contributed by atoms with E-state index in [-0.39, 0.29) is 6.42 Å². The standard InChI is InChI=1S/C29H29N3O5/c1-36-23-14-12-22(13-15-23)29(20-8-4-2-5-9-20,21-10-6-3-7-11-21)30-19-25-24(33)18-27(37-25)32-17-16-26(34)31-28(32)35/h2-17,24-25,27,30,33H,18-19H2,1H3,(H,31,34,35)/t24-,25+,27+/m0/s1. The molecular weight excluding hydrogens is 470 g/mol. The first-order valence-corrected chi connectivity index (χ1v) is 12.2. The van der Waals surface area contributed by atoms with Gasteiger partial charge in [0.05, 0.1) is 24.9 Å². The van der Waals surface area contributed by atoms with Crippen molar-refractivity contribution in [3.05, 3.63) is 135 Å². The van der Waals surface area contributed by atoms with Crippen molar-refractivity contribution in [1.29, 1.82) is 0 Å². The number of nitrogens with one attached hydrogen (secondary N) is 2. The Bertz CT molecular complexity index is 1390. The predicted molar refractivity (Wildman–Crippen MR) is 140 cm³/mol. The fraction of sp³-hybridized carbons (Fsp3) is 0.241. The largest absolute Gasteiger partial charge is 0.497 e. The van der Waals surface area contributed by atoms with Gasteiger partial charge < -0.3 is 14.6 Å². The lowest BCUT2D eigenvalue weighted by Gasteiger charge is -2.38. The van der Waals surface area contributed by atoms with Crippen molar-refractivity contribution in [1.82, 2.24) is 14.9 Å². The van der Waals surface area contributed by atoms with Crippen LogP contribution in [0, 0.1) is 0 Å². The molecule has 1 aliphatic heterocycles. The van der Waals surface area contributed by atoms with E-state index in [2.05, 4.69) is 34.6 Å². The van der Waals surface area contributed by atoms with Gasteiger partial charge in [0.1, 0.15) is 12.0 Å². The summed E-state index contributed by atoms with van der Waals surface area (Å²) in [4.78, 5) is 26.0. The molecule has 5 rings (SSSR count). The second-order valence-electron chi connectivity index (χ2n) is 9.04. The van der Waals surface area contributed by atoms with Crippen molar-refractivity contribution in [2.45, 2.75) is 30.4 Å². The van der Waals surface area contributed by atoms with E-state index in [1.54, 1.807) is 7.11 Å². The lowest BCUT2D eigenvalue weighted by atomic mass is 9.77. The number of aliphatic hydroxyl groups is 1. The minimum Gasteiger partial charge on any atom is -0.497 e. The van der Waals surface area contributed by atoms with Crippen molar-refractivity contribution in [2.75, 3.05) is 13.7 Å². The van der Waals surface area contributed by atoms with E-state index in [9.17, 15) is 14.7 Å². The maximum Gasteiger partial charge on any atom is 0.330 e. The van der Waals surface area contributed by atoms with Gasteiger partial charge in [-0.3, -0.25) is 19.7 Å². The number of hydrogen-bond donors (Lipinski definition) is 3. The van der Waals surface area contributed by atoms with Crippen LogP contribution in [0.15, 0.2) is 107 Å². The highest BCUT2D eigenvalue weighted by atomic mass is 16.5. The third kappa shape index (κ3) is 4.86. The van der Waals surface area contributed by atoms with Gasteiger partial charge in [0.15, 0.2) is 0 Å². The monoisotopic (exact) mass is 499 g/mol. The quantitative estimate of drug-likeness (QED) is 0.322. The predicted octanol–water partition coefficient (Wildman–Crippen LogP) is 2.78. The van der Waals surface area contributed by atoms with Crippen molar-refractivity contribution in [2.24, 2.45) is 0 Å². The van der Waals surface area contributed by atoms with Gasteiger partial charge in [-0.05, 0) is 28.8 Å². The Labute approximate surface area is 214 Å². The van der Waals surface area contributed by atoms with E-state index >= 15 is 0 Å². The molecule has 8 heteroatoms. The summed E-state index contributed by atoms with van der Waals surface area (Å²) in [6.45, 7) is 0.297. The first-order valence-electron chi connectivity index (χ1n) is 12.2. The van der Waals surface area contributed by atoms with Crippen LogP contribution in [0.2, 0.25) is 0 Å². The fourth-order valence-corrected chi connectivity index (χ4v) is 5.00. The van der Waals surface area contributed by atoms with E-state index in [4.69, 9.17) is 9.47 Å². The summed E-state index contributed by atoms with van der Waals surface area (Å²) >= 11 is 0. The van der Waals surface area contributed by atoms with Crippen molar-refractivity contribution < 1.29 is 14.6 Å². The van der Waals surface area contributed by atoms with Crippen molar-refractivity contribution in [3.63, 3.8) is 0 Å². The number of nitrogens with zero attached hydrogens (tertiary/aromatic N) is 1. The van der Waals surface area contributed by atoms with E-state index in [1.807, 2.05) is 60.7 Å². The number of aromatic amines is 1. The van der Waals surface area contributed by atoms with Gasteiger partial charge in [0, 0.05) is 25.2 Å². The maximum atomic E-state index is 12.3.